The van der Waals surface area contributed by atoms with Gasteiger partial charge >= 0.3 is 5.97 Å². The summed E-state index contributed by atoms with van der Waals surface area (Å²) < 4.78 is 5.12. The van der Waals surface area contributed by atoms with Gasteiger partial charge < -0.3 is 19.8 Å². The van der Waals surface area contributed by atoms with Crippen molar-refractivity contribution < 1.29 is 29.3 Å². The summed E-state index contributed by atoms with van der Waals surface area (Å²) in [5, 5.41) is 19.7. The van der Waals surface area contributed by atoms with Gasteiger partial charge in [0.15, 0.2) is 12.4 Å². The van der Waals surface area contributed by atoms with Crippen LogP contribution in [0.25, 0.3) is 10.8 Å². The van der Waals surface area contributed by atoms with Crippen molar-refractivity contribution in [2.24, 2.45) is 0 Å². The molecule has 28 heavy (non-hydrogen) atoms. The van der Waals surface area contributed by atoms with Gasteiger partial charge in [-0.3, -0.25) is 14.4 Å². The number of carbonyl (C=O) groups excluding carboxylic acids is 3. The van der Waals surface area contributed by atoms with E-state index in [2.05, 4.69) is 0 Å². The second-order valence-corrected chi connectivity index (χ2v) is 6.53. The molecule has 1 unspecified atom stereocenters. The lowest BCUT2D eigenvalue weighted by molar-refractivity contribution is -0.153. The Bertz CT molecular complexity index is 857. The smallest absolute Gasteiger partial charge is 0.313 e. The molecule has 0 saturated carbocycles. The SMILES string of the molecule is CC(=O)c1ccc2cc(C(C)C(=O)OCC(=O)N(CCO)CCO)ccc2c1. The summed E-state index contributed by atoms with van der Waals surface area (Å²) in [6.07, 6.45) is 0. The Kier molecular flexibility index (Phi) is 7.66. The lowest BCUT2D eigenvalue weighted by Crippen LogP contribution is -2.38. The van der Waals surface area contributed by atoms with Crippen LogP contribution in [-0.4, -0.2) is 65.7 Å². The Morgan fingerprint density at radius 3 is 2.21 bits per heavy atom. The molecule has 0 aliphatic rings. The van der Waals surface area contributed by atoms with Crippen LogP contribution in [0.4, 0.5) is 0 Å². The first-order valence-corrected chi connectivity index (χ1v) is 9.08. The zero-order valence-corrected chi connectivity index (χ0v) is 16.1. The lowest BCUT2D eigenvalue weighted by Gasteiger charge is -2.21. The molecule has 7 nitrogen and oxygen atoms in total. The molecule has 0 spiro atoms. The van der Waals surface area contributed by atoms with E-state index in [0.717, 1.165) is 16.3 Å². The van der Waals surface area contributed by atoms with Crippen molar-refractivity contribution in [1.82, 2.24) is 4.90 Å². The predicted octanol–water partition coefficient (Wildman–Crippen LogP) is 1.50. The lowest BCUT2D eigenvalue weighted by atomic mass is 9.96. The summed E-state index contributed by atoms with van der Waals surface area (Å²) in [5.41, 5.74) is 1.37. The second kappa shape index (κ2) is 9.96. The molecule has 0 heterocycles. The van der Waals surface area contributed by atoms with Gasteiger partial charge in [0.1, 0.15) is 0 Å². The fourth-order valence-corrected chi connectivity index (χ4v) is 2.84. The number of benzene rings is 2. The van der Waals surface area contributed by atoms with E-state index in [4.69, 9.17) is 14.9 Å². The van der Waals surface area contributed by atoms with Crippen LogP contribution < -0.4 is 0 Å². The van der Waals surface area contributed by atoms with Crippen molar-refractivity contribution in [3.63, 3.8) is 0 Å². The largest absolute Gasteiger partial charge is 0.455 e. The van der Waals surface area contributed by atoms with Crippen molar-refractivity contribution in [3.05, 3.63) is 47.5 Å². The average Bonchev–Trinajstić information content (AvgIpc) is 2.70. The summed E-state index contributed by atoms with van der Waals surface area (Å²) in [7, 11) is 0. The van der Waals surface area contributed by atoms with Gasteiger partial charge in [-0.2, -0.15) is 0 Å². The maximum Gasteiger partial charge on any atom is 0.313 e. The molecule has 2 aromatic carbocycles. The van der Waals surface area contributed by atoms with E-state index in [1.165, 1.54) is 11.8 Å². The number of Topliss-reactive ketones (excluding diaryl/α,β-unsaturated/α-hetero) is 1. The third-order valence-corrected chi connectivity index (χ3v) is 4.55. The van der Waals surface area contributed by atoms with Crippen molar-refractivity contribution in [2.75, 3.05) is 32.9 Å². The number of esters is 1. The number of nitrogens with zero attached hydrogens (tertiary/aromatic N) is 1. The van der Waals surface area contributed by atoms with Gasteiger partial charge in [0, 0.05) is 18.7 Å². The maximum atomic E-state index is 12.3. The Morgan fingerprint density at radius 2 is 1.61 bits per heavy atom. The summed E-state index contributed by atoms with van der Waals surface area (Å²) in [6.45, 7) is 2.42. The molecule has 0 aliphatic heterocycles. The highest BCUT2D eigenvalue weighted by atomic mass is 16.5. The van der Waals surface area contributed by atoms with Crippen molar-refractivity contribution >= 4 is 28.4 Å². The van der Waals surface area contributed by atoms with Crippen LogP contribution in [0.15, 0.2) is 36.4 Å². The number of rotatable bonds is 9. The van der Waals surface area contributed by atoms with Crippen LogP contribution in [0.3, 0.4) is 0 Å². The van der Waals surface area contributed by atoms with Gasteiger partial charge in [0.2, 0.25) is 0 Å². The van der Waals surface area contributed by atoms with Gasteiger partial charge in [-0.15, -0.1) is 0 Å². The molecule has 150 valence electrons. The number of aliphatic hydroxyl groups excluding tert-OH is 2. The van der Waals surface area contributed by atoms with Gasteiger partial charge in [0.05, 0.1) is 19.1 Å². The van der Waals surface area contributed by atoms with Crippen molar-refractivity contribution in [3.8, 4) is 0 Å². The summed E-state index contributed by atoms with van der Waals surface area (Å²) in [5.74, 6) is -1.60. The fourth-order valence-electron chi connectivity index (χ4n) is 2.84. The Balaban J connectivity index is 2.05. The number of ketones is 1. The number of hydrogen-bond acceptors (Lipinski definition) is 6. The molecule has 2 aromatic rings. The normalized spacial score (nSPS) is 11.9. The second-order valence-electron chi connectivity index (χ2n) is 6.53. The van der Waals surface area contributed by atoms with E-state index in [9.17, 15) is 14.4 Å². The summed E-state index contributed by atoms with van der Waals surface area (Å²) >= 11 is 0. The number of fused-ring (bicyclic) bond motifs is 1. The monoisotopic (exact) mass is 387 g/mol. The van der Waals surface area contributed by atoms with Crippen LogP contribution >= 0.6 is 0 Å². The molecule has 2 N–H and O–H groups in total. The van der Waals surface area contributed by atoms with Gasteiger partial charge in [-0.05, 0) is 36.2 Å². The zero-order valence-electron chi connectivity index (χ0n) is 16.1. The molecular formula is C21H25NO6. The molecule has 0 radical (unpaired) electrons. The minimum Gasteiger partial charge on any atom is -0.455 e. The number of amides is 1. The minimum absolute atomic E-state index is 0.0102. The Hall–Kier alpha value is -2.77. The highest BCUT2D eigenvalue weighted by Gasteiger charge is 2.20. The van der Waals surface area contributed by atoms with Crippen LogP contribution in [0, 0.1) is 0 Å². The fraction of sp³-hybridized carbons (Fsp3) is 0.381. The van der Waals surface area contributed by atoms with Crippen molar-refractivity contribution in [2.45, 2.75) is 19.8 Å². The number of carbonyl (C=O) groups is 3. The first-order valence-electron chi connectivity index (χ1n) is 9.08. The molecule has 1 amide bonds. The van der Waals surface area contributed by atoms with Gasteiger partial charge in [-0.25, -0.2) is 0 Å². The van der Waals surface area contributed by atoms with Crippen LogP contribution in [0.2, 0.25) is 0 Å². The van der Waals surface area contributed by atoms with Crippen molar-refractivity contribution in [1.29, 1.82) is 0 Å². The summed E-state index contributed by atoms with van der Waals surface area (Å²) in [6, 6.07) is 10.9. The first-order chi connectivity index (χ1) is 13.4. The van der Waals surface area contributed by atoms with E-state index in [1.807, 2.05) is 18.2 Å². The number of aliphatic hydroxyl groups is 2. The highest BCUT2D eigenvalue weighted by molar-refractivity contribution is 5.98. The molecule has 0 fully saturated rings. The molecule has 0 bridgehead atoms. The predicted molar refractivity (Wildman–Crippen MR) is 104 cm³/mol. The summed E-state index contributed by atoms with van der Waals surface area (Å²) in [4.78, 5) is 37.1. The van der Waals surface area contributed by atoms with Crippen LogP contribution in [0.5, 0.6) is 0 Å². The molecule has 7 heteroatoms. The van der Waals surface area contributed by atoms with Crippen LogP contribution in [0.1, 0.15) is 35.7 Å². The van der Waals surface area contributed by atoms with Gasteiger partial charge in [0.25, 0.3) is 5.91 Å². The molecule has 0 saturated heterocycles. The highest BCUT2D eigenvalue weighted by Crippen LogP contribution is 2.24. The molecule has 1 atom stereocenters. The third-order valence-electron chi connectivity index (χ3n) is 4.55. The number of hydrogen-bond donors (Lipinski definition) is 2. The standard InChI is InChI=1S/C21H25NO6/c1-14(21(27)28-13-20(26)22(7-9-23)8-10-24)16-3-5-19-12-17(15(2)25)4-6-18(19)11-16/h3-6,11-12,14,23-24H,7-10,13H2,1-2H3. The topological polar surface area (TPSA) is 104 Å². The molecule has 0 aliphatic carbocycles. The Morgan fingerprint density at radius 1 is 1.00 bits per heavy atom. The van der Waals surface area contributed by atoms with E-state index in [-0.39, 0.29) is 32.1 Å². The Labute approximate surface area is 163 Å². The zero-order chi connectivity index (χ0) is 20.7. The van der Waals surface area contributed by atoms with E-state index in [0.29, 0.717) is 5.56 Å². The maximum absolute atomic E-state index is 12.3. The average molecular weight is 387 g/mol. The number of ether oxygens (including phenoxy) is 1. The van der Waals surface area contributed by atoms with E-state index < -0.39 is 24.4 Å². The van der Waals surface area contributed by atoms with E-state index >= 15 is 0 Å². The van der Waals surface area contributed by atoms with E-state index in [1.54, 1.807) is 25.1 Å². The van der Waals surface area contributed by atoms with Crippen LogP contribution in [-0.2, 0) is 14.3 Å². The quantitative estimate of drug-likeness (QED) is 0.499. The molecular weight excluding hydrogens is 362 g/mol. The molecule has 0 aromatic heterocycles. The minimum atomic E-state index is -0.575. The molecule has 2 rings (SSSR count). The first kappa shape index (κ1) is 21.5. The third kappa shape index (κ3) is 5.37. The van der Waals surface area contributed by atoms with Gasteiger partial charge in [-0.1, -0.05) is 30.3 Å².